The zero-order valence-corrected chi connectivity index (χ0v) is 15.4. The third-order valence-corrected chi connectivity index (χ3v) is 5.07. The molecule has 0 saturated carbocycles. The Balaban J connectivity index is 2.17. The zero-order valence-electron chi connectivity index (χ0n) is 14.6. The lowest BCUT2D eigenvalue weighted by atomic mass is 10.1. The van der Waals surface area contributed by atoms with E-state index in [-0.39, 0.29) is 5.82 Å². The van der Waals surface area contributed by atoms with E-state index in [1.165, 1.54) is 6.07 Å². The molecule has 1 aromatic heterocycles. The van der Waals surface area contributed by atoms with Crippen molar-refractivity contribution in [3.63, 3.8) is 0 Å². The van der Waals surface area contributed by atoms with Crippen molar-refractivity contribution in [2.75, 3.05) is 0 Å². The minimum Gasteiger partial charge on any atom is -0.598 e. The van der Waals surface area contributed by atoms with Crippen LogP contribution in [0.25, 0.3) is 0 Å². The van der Waals surface area contributed by atoms with Crippen LogP contribution in [0.3, 0.4) is 0 Å². The number of aryl methyl sites for hydroxylation is 1. The Morgan fingerprint density at radius 2 is 1.88 bits per heavy atom. The molecule has 2 rings (SSSR count). The minimum atomic E-state index is -1.29. The number of hydrogen-bond donors (Lipinski definition) is 1. The summed E-state index contributed by atoms with van der Waals surface area (Å²) < 4.78 is 34.6. The van der Waals surface area contributed by atoms with Crippen LogP contribution in [0, 0.1) is 12.7 Å². The molecule has 0 aliphatic rings. The Morgan fingerprint density at radius 1 is 1.21 bits per heavy atom. The van der Waals surface area contributed by atoms with E-state index in [1.807, 2.05) is 39.8 Å². The Morgan fingerprint density at radius 3 is 2.46 bits per heavy atom. The lowest BCUT2D eigenvalue weighted by Crippen LogP contribution is -2.40. The standard InChI is InChI=1S/C18H23FN2O2S/c1-12-6-7-15(11-20-12)23-14-8-9-17(19)16(10-14)13(2)21-24(22)18(3,4)5/h6-11,13,21H,1-5H3/t13?,24-/m1/s1. The predicted molar refractivity (Wildman–Crippen MR) is 94.9 cm³/mol. The normalized spacial score (nSPS) is 14.3. The van der Waals surface area contributed by atoms with Crippen LogP contribution >= 0.6 is 0 Å². The van der Waals surface area contributed by atoms with Crippen LogP contribution in [-0.4, -0.2) is 14.3 Å². The van der Waals surface area contributed by atoms with Gasteiger partial charge in [0, 0.05) is 22.6 Å². The van der Waals surface area contributed by atoms with Gasteiger partial charge in [-0.15, -0.1) is 4.72 Å². The second-order valence-electron chi connectivity index (χ2n) is 6.64. The SMILES string of the molecule is Cc1ccc(Oc2ccc(F)c(C(C)N[S@+]([O-])C(C)(C)C)c2)cn1. The van der Waals surface area contributed by atoms with Crippen LogP contribution in [0.2, 0.25) is 0 Å². The minimum absolute atomic E-state index is 0.365. The third kappa shape index (κ3) is 4.93. The van der Waals surface area contributed by atoms with Crippen molar-refractivity contribution in [3.8, 4) is 11.5 Å². The first-order valence-corrected chi connectivity index (χ1v) is 8.90. The summed E-state index contributed by atoms with van der Waals surface area (Å²) >= 11 is -1.29. The Bertz CT molecular complexity index is 686. The van der Waals surface area contributed by atoms with E-state index >= 15 is 0 Å². The average Bonchev–Trinajstić information content (AvgIpc) is 2.50. The second-order valence-corrected chi connectivity index (χ2v) is 8.64. The summed E-state index contributed by atoms with van der Waals surface area (Å²) in [6.07, 6.45) is 1.62. The maximum Gasteiger partial charge on any atom is 0.145 e. The molecule has 0 aliphatic heterocycles. The number of pyridine rings is 1. The molecule has 0 amide bonds. The molecule has 0 spiro atoms. The summed E-state index contributed by atoms with van der Waals surface area (Å²) in [4.78, 5) is 4.17. The zero-order chi connectivity index (χ0) is 17.9. The van der Waals surface area contributed by atoms with Gasteiger partial charge in [0.1, 0.15) is 22.1 Å². The first-order chi connectivity index (χ1) is 11.2. The molecule has 1 unspecified atom stereocenters. The number of benzene rings is 1. The molecule has 1 heterocycles. The maximum absolute atomic E-state index is 14.2. The van der Waals surface area contributed by atoms with Gasteiger partial charge in [-0.3, -0.25) is 4.98 Å². The van der Waals surface area contributed by atoms with E-state index in [1.54, 1.807) is 25.3 Å². The number of nitrogens with zero attached hydrogens (tertiary/aromatic N) is 1. The molecular weight excluding hydrogens is 327 g/mol. The average molecular weight is 350 g/mol. The lowest BCUT2D eigenvalue weighted by molar-refractivity contribution is 0.473. The Hall–Kier alpha value is -1.63. The lowest BCUT2D eigenvalue weighted by Gasteiger charge is -2.26. The highest BCUT2D eigenvalue weighted by Gasteiger charge is 2.29. The van der Waals surface area contributed by atoms with Gasteiger partial charge in [-0.2, -0.15) is 0 Å². The van der Waals surface area contributed by atoms with E-state index < -0.39 is 22.2 Å². The quantitative estimate of drug-likeness (QED) is 0.810. The number of nitrogens with one attached hydrogen (secondary N) is 1. The van der Waals surface area contributed by atoms with Crippen molar-refractivity contribution in [3.05, 3.63) is 53.6 Å². The molecule has 0 saturated heterocycles. The summed E-state index contributed by atoms with van der Waals surface area (Å²) in [5.41, 5.74) is 1.30. The molecule has 130 valence electrons. The van der Waals surface area contributed by atoms with Crippen LogP contribution in [0.1, 0.15) is 45.0 Å². The van der Waals surface area contributed by atoms with Crippen molar-refractivity contribution < 1.29 is 13.7 Å². The highest BCUT2D eigenvalue weighted by atomic mass is 32.2. The molecule has 6 heteroatoms. The van der Waals surface area contributed by atoms with Gasteiger partial charge in [-0.1, -0.05) is 0 Å². The van der Waals surface area contributed by atoms with Crippen LogP contribution < -0.4 is 9.46 Å². The highest BCUT2D eigenvalue weighted by Crippen LogP contribution is 2.28. The largest absolute Gasteiger partial charge is 0.598 e. The molecular formula is C18H23FN2O2S. The van der Waals surface area contributed by atoms with E-state index in [0.717, 1.165) is 5.69 Å². The summed E-state index contributed by atoms with van der Waals surface area (Å²) in [6, 6.07) is 7.77. The van der Waals surface area contributed by atoms with Gasteiger partial charge in [0.2, 0.25) is 0 Å². The van der Waals surface area contributed by atoms with Crippen molar-refractivity contribution in [2.24, 2.45) is 0 Å². The molecule has 2 aromatic rings. The predicted octanol–water partition coefficient (Wildman–Crippen LogP) is 4.43. The van der Waals surface area contributed by atoms with E-state index in [4.69, 9.17) is 4.74 Å². The van der Waals surface area contributed by atoms with Gasteiger partial charge in [0.25, 0.3) is 0 Å². The fourth-order valence-electron chi connectivity index (χ4n) is 1.97. The maximum atomic E-state index is 14.2. The number of ether oxygens (including phenoxy) is 1. The van der Waals surface area contributed by atoms with Gasteiger partial charge < -0.3 is 9.29 Å². The van der Waals surface area contributed by atoms with E-state index in [0.29, 0.717) is 17.1 Å². The van der Waals surface area contributed by atoms with E-state index in [9.17, 15) is 8.94 Å². The van der Waals surface area contributed by atoms with Gasteiger partial charge >= 0.3 is 0 Å². The molecule has 0 radical (unpaired) electrons. The summed E-state index contributed by atoms with van der Waals surface area (Å²) in [6.45, 7) is 9.26. The van der Waals surface area contributed by atoms with Crippen molar-refractivity contribution in [1.82, 2.24) is 9.71 Å². The van der Waals surface area contributed by atoms with Crippen molar-refractivity contribution >= 4 is 11.4 Å². The highest BCUT2D eigenvalue weighted by molar-refractivity contribution is 7.90. The summed E-state index contributed by atoms with van der Waals surface area (Å²) in [7, 11) is 0. The Kier molecular flexibility index (Phi) is 5.85. The number of rotatable bonds is 5. The fourth-order valence-corrected chi connectivity index (χ4v) is 2.77. The molecule has 2 atom stereocenters. The summed E-state index contributed by atoms with van der Waals surface area (Å²) in [5, 5.41) is 0. The van der Waals surface area contributed by atoms with Crippen molar-refractivity contribution in [2.45, 2.75) is 45.4 Å². The topological polar surface area (TPSA) is 57.2 Å². The van der Waals surface area contributed by atoms with Gasteiger partial charge in [-0.05, 0) is 65.0 Å². The molecule has 24 heavy (non-hydrogen) atoms. The van der Waals surface area contributed by atoms with Gasteiger partial charge in [0.05, 0.1) is 12.2 Å². The molecule has 1 N–H and O–H groups in total. The van der Waals surface area contributed by atoms with Crippen LogP contribution in [0.5, 0.6) is 11.5 Å². The molecule has 0 fully saturated rings. The third-order valence-electron chi connectivity index (χ3n) is 3.39. The Labute approximate surface area is 145 Å². The smallest absolute Gasteiger partial charge is 0.145 e. The number of aromatic nitrogens is 1. The van der Waals surface area contributed by atoms with E-state index in [2.05, 4.69) is 9.71 Å². The fraction of sp³-hybridized carbons (Fsp3) is 0.389. The molecule has 4 nitrogen and oxygen atoms in total. The first kappa shape index (κ1) is 18.7. The number of halogens is 1. The second kappa shape index (κ2) is 7.51. The van der Waals surface area contributed by atoms with Crippen LogP contribution in [0.15, 0.2) is 36.5 Å². The van der Waals surface area contributed by atoms with Crippen LogP contribution in [-0.2, 0) is 11.4 Å². The molecule has 1 aromatic carbocycles. The van der Waals surface area contributed by atoms with Gasteiger partial charge in [-0.25, -0.2) is 4.39 Å². The summed E-state index contributed by atoms with van der Waals surface area (Å²) in [5.74, 6) is 0.722. The number of hydrogen-bond acceptors (Lipinski definition) is 4. The monoisotopic (exact) mass is 350 g/mol. The van der Waals surface area contributed by atoms with Crippen LogP contribution in [0.4, 0.5) is 4.39 Å². The molecule has 0 aliphatic carbocycles. The van der Waals surface area contributed by atoms with Gasteiger partial charge in [0.15, 0.2) is 0 Å². The molecule has 0 bridgehead atoms. The van der Waals surface area contributed by atoms with Crippen molar-refractivity contribution in [1.29, 1.82) is 0 Å². The first-order valence-electron chi connectivity index (χ1n) is 7.75.